The molecule has 0 bridgehead atoms. The lowest BCUT2D eigenvalue weighted by Gasteiger charge is -2.20. The number of carbonyl (C=O) groups excluding carboxylic acids is 1. The molecule has 0 aromatic rings. The zero-order valence-electron chi connectivity index (χ0n) is 10.8. The number of allylic oxidation sites excluding steroid dienone is 2. The molecule has 1 rings (SSSR count). The summed E-state index contributed by atoms with van der Waals surface area (Å²) in [7, 11) is 0. The normalized spacial score (nSPS) is 28.5. The van der Waals surface area contributed by atoms with Crippen LogP contribution in [0.3, 0.4) is 0 Å². The van der Waals surface area contributed by atoms with Crippen molar-refractivity contribution in [2.45, 2.75) is 52.6 Å². The third-order valence-electron chi connectivity index (χ3n) is 2.94. The van der Waals surface area contributed by atoms with Crippen molar-refractivity contribution in [1.82, 2.24) is 0 Å². The zero-order valence-corrected chi connectivity index (χ0v) is 10.8. The Morgan fingerprint density at radius 3 is 2.62 bits per heavy atom. The van der Waals surface area contributed by atoms with Crippen LogP contribution in [-0.2, 0) is 9.53 Å². The molecule has 0 N–H and O–H groups in total. The zero-order chi connectivity index (χ0) is 12.4. The van der Waals surface area contributed by atoms with Gasteiger partial charge in [0, 0.05) is 11.0 Å². The molecule has 0 amide bonds. The summed E-state index contributed by atoms with van der Waals surface area (Å²) >= 11 is 0. The molecular weight excluding hydrogens is 200 g/mol. The van der Waals surface area contributed by atoms with Crippen LogP contribution in [0.5, 0.6) is 0 Å². The van der Waals surface area contributed by atoms with Gasteiger partial charge in [-0.25, -0.2) is 0 Å². The molecule has 1 atom stereocenters. The summed E-state index contributed by atoms with van der Waals surface area (Å²) in [5.74, 6) is 0.219. The minimum Gasteiger partial charge on any atom is -0.495 e. The van der Waals surface area contributed by atoms with E-state index < -0.39 is 0 Å². The Bertz CT molecular complexity index is 320. The van der Waals surface area contributed by atoms with E-state index in [1.807, 2.05) is 33.8 Å². The fraction of sp³-hybridized carbons (Fsp3) is 0.643. The maximum absolute atomic E-state index is 12.1. The van der Waals surface area contributed by atoms with E-state index in [0.29, 0.717) is 0 Å². The first-order valence-corrected chi connectivity index (χ1v) is 5.81. The minimum atomic E-state index is -0.255. The predicted octanol–water partition coefficient (Wildman–Crippen LogP) is 3.63. The highest BCUT2D eigenvalue weighted by Gasteiger charge is 2.40. The number of ketones is 1. The van der Waals surface area contributed by atoms with E-state index in [-0.39, 0.29) is 16.8 Å². The highest BCUT2D eigenvalue weighted by Crippen LogP contribution is 2.40. The number of Topliss-reactive ketones (excluding diaryl/α,β-unsaturated/α-hetero) is 1. The molecule has 0 unspecified atom stereocenters. The molecule has 0 radical (unpaired) electrons. The topological polar surface area (TPSA) is 26.3 Å². The summed E-state index contributed by atoms with van der Waals surface area (Å²) in [5, 5.41) is 0. The number of hydrogen-bond acceptors (Lipinski definition) is 2. The van der Waals surface area contributed by atoms with E-state index in [9.17, 15) is 4.79 Å². The van der Waals surface area contributed by atoms with Gasteiger partial charge in [-0.05, 0) is 40.0 Å². The standard InChI is InChI=1S/C14H22O2/c1-6-8-14(5)9-7-11(12(14)15)10-16-13(2,3)4/h6,10H,1,7-9H2,2-5H3/b11-10+/t14-/m1/s1. The van der Waals surface area contributed by atoms with Gasteiger partial charge >= 0.3 is 0 Å². The van der Waals surface area contributed by atoms with Gasteiger partial charge in [0.1, 0.15) is 0 Å². The SMILES string of the molecule is C=CC[C@]1(C)CC/C(=C\OC(C)(C)C)C1=O. The summed E-state index contributed by atoms with van der Waals surface area (Å²) in [5.41, 5.74) is 0.332. The van der Waals surface area contributed by atoms with Gasteiger partial charge in [0.05, 0.1) is 11.9 Å². The molecule has 16 heavy (non-hydrogen) atoms. The van der Waals surface area contributed by atoms with Crippen LogP contribution in [-0.4, -0.2) is 11.4 Å². The molecule has 1 fully saturated rings. The van der Waals surface area contributed by atoms with E-state index in [1.165, 1.54) is 0 Å². The predicted molar refractivity (Wildman–Crippen MR) is 66.1 cm³/mol. The Balaban J connectivity index is 2.74. The molecule has 0 saturated heterocycles. The van der Waals surface area contributed by atoms with Gasteiger partial charge in [-0.1, -0.05) is 13.0 Å². The van der Waals surface area contributed by atoms with Crippen LogP contribution in [0.25, 0.3) is 0 Å². The van der Waals surface area contributed by atoms with Crippen LogP contribution >= 0.6 is 0 Å². The third-order valence-corrected chi connectivity index (χ3v) is 2.94. The summed E-state index contributed by atoms with van der Waals surface area (Å²) in [6.45, 7) is 11.7. The van der Waals surface area contributed by atoms with Crippen molar-refractivity contribution in [2.24, 2.45) is 5.41 Å². The molecule has 2 nitrogen and oxygen atoms in total. The van der Waals surface area contributed by atoms with E-state index in [0.717, 1.165) is 24.8 Å². The largest absolute Gasteiger partial charge is 0.495 e. The van der Waals surface area contributed by atoms with Gasteiger partial charge in [-0.15, -0.1) is 6.58 Å². The fourth-order valence-corrected chi connectivity index (χ4v) is 1.90. The molecule has 90 valence electrons. The fourth-order valence-electron chi connectivity index (χ4n) is 1.90. The quantitative estimate of drug-likeness (QED) is 0.414. The lowest BCUT2D eigenvalue weighted by Crippen LogP contribution is -2.22. The van der Waals surface area contributed by atoms with E-state index in [2.05, 4.69) is 6.58 Å². The highest BCUT2D eigenvalue weighted by atomic mass is 16.5. The first kappa shape index (κ1) is 13.0. The van der Waals surface area contributed by atoms with Gasteiger partial charge in [-0.3, -0.25) is 4.79 Å². The Morgan fingerprint density at radius 2 is 2.12 bits per heavy atom. The van der Waals surface area contributed by atoms with Crippen LogP contribution in [0, 0.1) is 5.41 Å². The van der Waals surface area contributed by atoms with Crippen molar-refractivity contribution in [3.8, 4) is 0 Å². The van der Waals surface area contributed by atoms with Crippen LogP contribution in [0.4, 0.5) is 0 Å². The van der Waals surface area contributed by atoms with Gasteiger partial charge in [0.25, 0.3) is 0 Å². The highest BCUT2D eigenvalue weighted by molar-refractivity contribution is 6.01. The third kappa shape index (κ3) is 2.97. The van der Waals surface area contributed by atoms with Gasteiger partial charge in [0.15, 0.2) is 5.78 Å². The smallest absolute Gasteiger partial charge is 0.168 e. The summed E-state index contributed by atoms with van der Waals surface area (Å²) in [6, 6.07) is 0. The molecule has 0 heterocycles. The summed E-state index contributed by atoms with van der Waals surface area (Å²) in [6.07, 6.45) is 5.94. The van der Waals surface area contributed by atoms with Crippen LogP contribution in [0.2, 0.25) is 0 Å². The minimum absolute atomic E-state index is 0.219. The van der Waals surface area contributed by atoms with Gasteiger partial charge in [-0.2, -0.15) is 0 Å². The Labute approximate surface area is 98.4 Å². The van der Waals surface area contributed by atoms with Crippen LogP contribution in [0.15, 0.2) is 24.5 Å². The first-order chi connectivity index (χ1) is 7.28. The summed E-state index contributed by atoms with van der Waals surface area (Å²) < 4.78 is 5.55. The molecule has 0 aromatic heterocycles. The number of hydrogen-bond donors (Lipinski definition) is 0. The number of ether oxygens (including phenoxy) is 1. The van der Waals surface area contributed by atoms with Crippen molar-refractivity contribution in [3.05, 3.63) is 24.5 Å². The molecule has 0 aromatic carbocycles. The van der Waals surface area contributed by atoms with Crippen molar-refractivity contribution in [2.75, 3.05) is 0 Å². The van der Waals surface area contributed by atoms with E-state index >= 15 is 0 Å². The number of rotatable bonds is 3. The maximum Gasteiger partial charge on any atom is 0.168 e. The molecular formula is C14H22O2. The van der Waals surface area contributed by atoms with E-state index in [4.69, 9.17) is 4.74 Å². The van der Waals surface area contributed by atoms with Crippen molar-refractivity contribution in [3.63, 3.8) is 0 Å². The molecule has 1 aliphatic carbocycles. The lowest BCUT2D eigenvalue weighted by atomic mass is 9.84. The van der Waals surface area contributed by atoms with Crippen molar-refractivity contribution in [1.29, 1.82) is 0 Å². The second-order valence-electron chi connectivity index (χ2n) is 5.76. The van der Waals surface area contributed by atoms with Gasteiger partial charge in [0.2, 0.25) is 0 Å². The Kier molecular flexibility index (Phi) is 3.61. The lowest BCUT2D eigenvalue weighted by molar-refractivity contribution is -0.122. The second-order valence-corrected chi connectivity index (χ2v) is 5.76. The monoisotopic (exact) mass is 222 g/mol. The Hall–Kier alpha value is -1.05. The molecule has 0 aliphatic heterocycles. The van der Waals surface area contributed by atoms with Crippen LogP contribution < -0.4 is 0 Å². The molecule has 0 spiro atoms. The average molecular weight is 222 g/mol. The Morgan fingerprint density at radius 1 is 1.50 bits per heavy atom. The van der Waals surface area contributed by atoms with Crippen molar-refractivity contribution >= 4 is 5.78 Å². The van der Waals surface area contributed by atoms with Gasteiger partial charge < -0.3 is 4.74 Å². The molecule has 2 heteroatoms. The first-order valence-electron chi connectivity index (χ1n) is 5.81. The molecule has 1 aliphatic rings. The second kappa shape index (κ2) is 4.44. The number of carbonyl (C=O) groups is 1. The van der Waals surface area contributed by atoms with E-state index in [1.54, 1.807) is 6.26 Å². The maximum atomic E-state index is 12.1. The summed E-state index contributed by atoms with van der Waals surface area (Å²) in [4.78, 5) is 12.1. The average Bonchev–Trinajstić information content (AvgIpc) is 2.41. The molecule has 1 saturated carbocycles. The van der Waals surface area contributed by atoms with Crippen LogP contribution in [0.1, 0.15) is 47.0 Å². The van der Waals surface area contributed by atoms with Crippen molar-refractivity contribution < 1.29 is 9.53 Å².